The first kappa shape index (κ1) is 16.3. The molecule has 1 unspecified atom stereocenters. The van der Waals surface area contributed by atoms with Gasteiger partial charge in [-0.2, -0.15) is 0 Å². The minimum absolute atomic E-state index is 0.185. The lowest BCUT2D eigenvalue weighted by Crippen LogP contribution is -2.21. The predicted octanol–water partition coefficient (Wildman–Crippen LogP) is 2.36. The number of carboxylic acids is 1. The third-order valence-electron chi connectivity index (χ3n) is 4.29. The van der Waals surface area contributed by atoms with Gasteiger partial charge in [-0.25, -0.2) is 4.79 Å². The van der Waals surface area contributed by atoms with Gasteiger partial charge in [0.1, 0.15) is 24.7 Å². The summed E-state index contributed by atoms with van der Waals surface area (Å²) in [5.41, 5.74) is 1.76. The molecule has 0 radical (unpaired) electrons. The quantitative estimate of drug-likeness (QED) is 0.664. The average Bonchev–Trinajstić information content (AvgIpc) is 2.65. The number of hydrogen-bond donors (Lipinski definition) is 1. The van der Waals surface area contributed by atoms with Crippen LogP contribution in [0.4, 0.5) is 0 Å². The molecule has 2 aromatic carbocycles. The van der Waals surface area contributed by atoms with E-state index in [1.54, 1.807) is 18.2 Å². The van der Waals surface area contributed by atoms with Gasteiger partial charge in [0.05, 0.1) is 6.42 Å². The van der Waals surface area contributed by atoms with Crippen LogP contribution in [0.5, 0.6) is 23.0 Å². The van der Waals surface area contributed by atoms with Crippen molar-refractivity contribution in [2.45, 2.75) is 12.3 Å². The lowest BCUT2D eigenvalue weighted by Gasteiger charge is -2.26. The SMILES string of the molecule is O=C(O)COc1ccc2c(c1)OC(=O)CC2c1ccc2c(c1)OCCO2. The summed E-state index contributed by atoms with van der Waals surface area (Å²) in [7, 11) is 0. The number of ether oxygens (including phenoxy) is 4. The van der Waals surface area contributed by atoms with Crippen LogP contribution in [0.25, 0.3) is 0 Å². The van der Waals surface area contributed by atoms with E-state index in [9.17, 15) is 9.59 Å². The summed E-state index contributed by atoms with van der Waals surface area (Å²) in [6.45, 7) is 0.548. The summed E-state index contributed by atoms with van der Waals surface area (Å²) in [5, 5.41) is 8.71. The molecule has 2 aliphatic rings. The van der Waals surface area contributed by atoms with Crippen molar-refractivity contribution in [3.05, 3.63) is 47.5 Å². The Morgan fingerprint density at radius 2 is 1.88 bits per heavy atom. The summed E-state index contributed by atoms with van der Waals surface area (Å²) >= 11 is 0. The summed E-state index contributed by atoms with van der Waals surface area (Å²) in [5.74, 6) is 0.453. The van der Waals surface area contributed by atoms with Gasteiger partial charge in [0.15, 0.2) is 18.1 Å². The zero-order valence-electron chi connectivity index (χ0n) is 13.8. The second kappa shape index (κ2) is 6.59. The zero-order valence-corrected chi connectivity index (χ0v) is 13.8. The Morgan fingerprint density at radius 1 is 1.08 bits per heavy atom. The van der Waals surface area contributed by atoms with E-state index in [0.29, 0.717) is 36.2 Å². The Morgan fingerprint density at radius 3 is 2.69 bits per heavy atom. The van der Waals surface area contributed by atoms with Crippen LogP contribution in [0.2, 0.25) is 0 Å². The number of esters is 1. The monoisotopic (exact) mass is 356 g/mol. The van der Waals surface area contributed by atoms with E-state index >= 15 is 0 Å². The third kappa shape index (κ3) is 3.15. The Bertz CT molecular complexity index is 874. The maximum Gasteiger partial charge on any atom is 0.341 e. The number of carboxylic acid groups (broad SMARTS) is 1. The Hall–Kier alpha value is -3.22. The van der Waals surface area contributed by atoms with Gasteiger partial charge >= 0.3 is 11.9 Å². The number of rotatable bonds is 4. The highest BCUT2D eigenvalue weighted by Crippen LogP contribution is 2.42. The first-order valence-corrected chi connectivity index (χ1v) is 8.19. The van der Waals surface area contributed by atoms with Crippen molar-refractivity contribution in [1.82, 2.24) is 0 Å². The fourth-order valence-electron chi connectivity index (χ4n) is 3.14. The molecule has 2 aliphatic heterocycles. The van der Waals surface area contributed by atoms with E-state index in [1.807, 2.05) is 18.2 Å². The van der Waals surface area contributed by atoms with Crippen molar-refractivity contribution in [1.29, 1.82) is 0 Å². The van der Waals surface area contributed by atoms with Gasteiger partial charge in [0.2, 0.25) is 0 Å². The van der Waals surface area contributed by atoms with Crippen molar-refractivity contribution >= 4 is 11.9 Å². The molecule has 7 heteroatoms. The minimum Gasteiger partial charge on any atom is -0.486 e. The lowest BCUT2D eigenvalue weighted by molar-refractivity contribution is -0.139. The van der Waals surface area contributed by atoms with Gasteiger partial charge in [0, 0.05) is 17.5 Å². The van der Waals surface area contributed by atoms with Crippen molar-refractivity contribution in [2.24, 2.45) is 0 Å². The first-order valence-electron chi connectivity index (χ1n) is 8.19. The first-order chi connectivity index (χ1) is 12.6. The van der Waals surface area contributed by atoms with Gasteiger partial charge in [-0.1, -0.05) is 12.1 Å². The zero-order chi connectivity index (χ0) is 18.1. The largest absolute Gasteiger partial charge is 0.486 e. The average molecular weight is 356 g/mol. The molecule has 2 heterocycles. The number of fused-ring (bicyclic) bond motifs is 2. The van der Waals surface area contributed by atoms with Crippen molar-refractivity contribution < 1.29 is 33.6 Å². The van der Waals surface area contributed by atoms with E-state index in [0.717, 1.165) is 11.1 Å². The highest BCUT2D eigenvalue weighted by molar-refractivity contribution is 5.78. The number of aliphatic carboxylic acids is 1. The van der Waals surface area contributed by atoms with Gasteiger partial charge in [0.25, 0.3) is 0 Å². The molecule has 1 atom stereocenters. The van der Waals surface area contributed by atoms with Crippen molar-refractivity contribution in [3.63, 3.8) is 0 Å². The summed E-state index contributed by atoms with van der Waals surface area (Å²) in [6, 6.07) is 10.6. The second-order valence-electron chi connectivity index (χ2n) is 6.02. The van der Waals surface area contributed by atoms with E-state index in [-0.39, 0.29) is 18.3 Å². The minimum atomic E-state index is -1.08. The molecule has 1 N–H and O–H groups in total. The molecule has 0 amide bonds. The van der Waals surface area contributed by atoms with Gasteiger partial charge in [-0.3, -0.25) is 4.79 Å². The summed E-state index contributed by atoms with van der Waals surface area (Å²) < 4.78 is 21.6. The molecular formula is C19H16O7. The smallest absolute Gasteiger partial charge is 0.341 e. The lowest BCUT2D eigenvalue weighted by atomic mass is 9.86. The van der Waals surface area contributed by atoms with Crippen LogP contribution < -0.4 is 18.9 Å². The van der Waals surface area contributed by atoms with E-state index in [4.69, 9.17) is 24.1 Å². The molecule has 0 bridgehead atoms. The molecule has 0 fully saturated rings. The maximum atomic E-state index is 12.1. The van der Waals surface area contributed by atoms with Gasteiger partial charge in [-0.05, 0) is 23.8 Å². The standard InChI is InChI=1S/C19H16O7/c20-18(21)10-25-12-2-3-13-14(9-19(22)26-16(13)8-12)11-1-4-15-17(7-11)24-6-5-23-15/h1-4,7-8,14H,5-6,9-10H2,(H,20,21). The Kier molecular flexibility index (Phi) is 4.12. The highest BCUT2D eigenvalue weighted by atomic mass is 16.6. The van der Waals surface area contributed by atoms with E-state index in [2.05, 4.69) is 0 Å². The fraction of sp³-hybridized carbons (Fsp3) is 0.263. The molecule has 7 nitrogen and oxygen atoms in total. The summed E-state index contributed by atoms with van der Waals surface area (Å²) in [6.07, 6.45) is 0.210. The highest BCUT2D eigenvalue weighted by Gasteiger charge is 2.30. The third-order valence-corrected chi connectivity index (χ3v) is 4.29. The van der Waals surface area contributed by atoms with E-state index < -0.39 is 12.6 Å². The molecule has 2 aromatic rings. The van der Waals surface area contributed by atoms with Gasteiger partial charge < -0.3 is 24.1 Å². The topological polar surface area (TPSA) is 91.3 Å². The molecule has 0 saturated heterocycles. The normalized spacial score (nSPS) is 17.8. The van der Waals surface area contributed by atoms with Crippen molar-refractivity contribution in [3.8, 4) is 23.0 Å². The van der Waals surface area contributed by atoms with Crippen LogP contribution in [0, 0.1) is 0 Å². The molecule has 0 spiro atoms. The number of benzene rings is 2. The Labute approximate surface area is 149 Å². The maximum absolute atomic E-state index is 12.1. The summed E-state index contributed by atoms with van der Waals surface area (Å²) in [4.78, 5) is 22.7. The number of carbonyl (C=O) groups is 2. The van der Waals surface area contributed by atoms with E-state index in [1.165, 1.54) is 0 Å². The van der Waals surface area contributed by atoms with Crippen LogP contribution in [0.1, 0.15) is 23.5 Å². The van der Waals surface area contributed by atoms with Crippen LogP contribution in [-0.4, -0.2) is 36.9 Å². The molecule has 26 heavy (non-hydrogen) atoms. The molecular weight excluding hydrogens is 340 g/mol. The Balaban J connectivity index is 1.66. The van der Waals surface area contributed by atoms with Crippen LogP contribution in [0.3, 0.4) is 0 Å². The predicted molar refractivity (Wildman–Crippen MR) is 89.1 cm³/mol. The second-order valence-corrected chi connectivity index (χ2v) is 6.02. The molecule has 0 aliphatic carbocycles. The molecule has 0 saturated carbocycles. The fourth-order valence-corrected chi connectivity index (χ4v) is 3.14. The van der Waals surface area contributed by atoms with Gasteiger partial charge in [-0.15, -0.1) is 0 Å². The molecule has 0 aromatic heterocycles. The van der Waals surface area contributed by atoms with Crippen LogP contribution >= 0.6 is 0 Å². The molecule has 134 valence electrons. The van der Waals surface area contributed by atoms with Crippen LogP contribution in [-0.2, 0) is 9.59 Å². The number of carbonyl (C=O) groups excluding carboxylic acids is 1. The van der Waals surface area contributed by atoms with Crippen molar-refractivity contribution in [2.75, 3.05) is 19.8 Å². The number of hydrogen-bond acceptors (Lipinski definition) is 6. The van der Waals surface area contributed by atoms with Crippen LogP contribution in [0.15, 0.2) is 36.4 Å². The molecule has 4 rings (SSSR count).